The molecule has 3 aromatic rings. The second-order valence-corrected chi connectivity index (χ2v) is 7.72. The highest BCUT2D eigenvalue weighted by molar-refractivity contribution is 14.1. The molecular weight excluding hydrogens is 485 g/mol. The molecule has 0 saturated carbocycles. The molecule has 0 aliphatic carbocycles. The van der Waals surface area contributed by atoms with Crippen molar-refractivity contribution in [3.63, 3.8) is 0 Å². The Hall–Kier alpha value is -2.46. The summed E-state index contributed by atoms with van der Waals surface area (Å²) in [5.41, 5.74) is 1.67. The Kier molecular flexibility index (Phi) is 4.39. The van der Waals surface area contributed by atoms with E-state index in [1.165, 1.54) is 29.2 Å². The zero-order valence-electron chi connectivity index (χ0n) is 13.6. The van der Waals surface area contributed by atoms with Gasteiger partial charge in [0.2, 0.25) is 0 Å². The molecule has 1 aliphatic heterocycles. The van der Waals surface area contributed by atoms with Gasteiger partial charge in [0.1, 0.15) is 11.3 Å². The number of anilines is 1. The molecule has 1 N–H and O–H groups in total. The lowest BCUT2D eigenvalue weighted by molar-refractivity contribution is -0.384. The standard InChI is InChI=1S/C18H11ClIN3O4/c19-12-8-22(18(25)11-6-9(23(26)27)3-4-13(11)20)14-7-15(24)17-10(16(12)14)2-1-5-21-17/h1-7,12,24H,8H2. The van der Waals surface area contributed by atoms with Gasteiger partial charge in [-0.25, -0.2) is 0 Å². The molecule has 7 nitrogen and oxygen atoms in total. The first-order chi connectivity index (χ1) is 12.9. The van der Waals surface area contributed by atoms with Crippen LogP contribution in [-0.4, -0.2) is 27.5 Å². The van der Waals surface area contributed by atoms with Gasteiger partial charge in [0.15, 0.2) is 0 Å². The van der Waals surface area contributed by atoms with Gasteiger partial charge in [-0.05, 0) is 34.7 Å². The van der Waals surface area contributed by atoms with Gasteiger partial charge in [0.05, 0.1) is 21.6 Å². The molecule has 1 aliphatic rings. The van der Waals surface area contributed by atoms with E-state index in [1.54, 1.807) is 18.3 Å². The molecule has 1 atom stereocenters. The smallest absolute Gasteiger partial charge is 0.270 e. The predicted molar refractivity (Wildman–Crippen MR) is 109 cm³/mol. The molecule has 27 heavy (non-hydrogen) atoms. The number of carbonyl (C=O) groups is 1. The minimum Gasteiger partial charge on any atom is -0.506 e. The third-order valence-corrected chi connectivity index (χ3v) is 5.77. The van der Waals surface area contributed by atoms with Crippen molar-refractivity contribution in [2.75, 3.05) is 11.4 Å². The summed E-state index contributed by atoms with van der Waals surface area (Å²) in [5.74, 6) is -0.461. The summed E-state index contributed by atoms with van der Waals surface area (Å²) < 4.78 is 0.592. The minimum atomic E-state index is -0.542. The molecule has 1 amide bonds. The van der Waals surface area contributed by atoms with Crippen LogP contribution in [0.3, 0.4) is 0 Å². The van der Waals surface area contributed by atoms with Crippen molar-refractivity contribution in [2.45, 2.75) is 5.38 Å². The topological polar surface area (TPSA) is 96.6 Å². The van der Waals surface area contributed by atoms with Gasteiger partial charge in [-0.2, -0.15) is 0 Å². The second-order valence-electron chi connectivity index (χ2n) is 6.03. The number of pyridine rings is 1. The minimum absolute atomic E-state index is 0.0540. The number of benzene rings is 2. The van der Waals surface area contributed by atoms with Crippen LogP contribution in [0.1, 0.15) is 21.3 Å². The van der Waals surface area contributed by atoms with Crippen molar-refractivity contribution in [1.82, 2.24) is 4.98 Å². The number of aromatic nitrogens is 1. The molecule has 9 heteroatoms. The Morgan fingerprint density at radius 3 is 2.89 bits per heavy atom. The van der Waals surface area contributed by atoms with E-state index in [9.17, 15) is 20.0 Å². The van der Waals surface area contributed by atoms with Gasteiger partial charge < -0.3 is 10.0 Å². The van der Waals surface area contributed by atoms with Crippen molar-refractivity contribution in [3.05, 3.63) is 67.4 Å². The van der Waals surface area contributed by atoms with Crippen LogP contribution < -0.4 is 4.90 Å². The third-order valence-electron chi connectivity index (χ3n) is 4.47. The molecule has 0 spiro atoms. The molecule has 136 valence electrons. The number of hydrogen-bond acceptors (Lipinski definition) is 5. The van der Waals surface area contributed by atoms with Crippen LogP contribution in [0.5, 0.6) is 5.75 Å². The summed E-state index contributed by atoms with van der Waals surface area (Å²) in [6.45, 7) is 0.196. The Bertz CT molecular complexity index is 1120. The van der Waals surface area contributed by atoms with Crippen LogP contribution in [0.15, 0.2) is 42.6 Å². The molecule has 2 aromatic carbocycles. The second kappa shape index (κ2) is 6.61. The number of nitro benzene ring substituents is 1. The van der Waals surface area contributed by atoms with Crippen LogP contribution in [-0.2, 0) is 0 Å². The van der Waals surface area contributed by atoms with Crippen molar-refractivity contribution in [2.24, 2.45) is 0 Å². The normalized spacial score (nSPS) is 15.8. The van der Waals surface area contributed by atoms with E-state index in [0.29, 0.717) is 25.7 Å². The van der Waals surface area contributed by atoms with Gasteiger partial charge in [0.25, 0.3) is 11.6 Å². The first-order valence-corrected chi connectivity index (χ1v) is 9.40. The number of nitrogens with zero attached hydrogens (tertiary/aromatic N) is 3. The van der Waals surface area contributed by atoms with Crippen molar-refractivity contribution >= 4 is 62.4 Å². The van der Waals surface area contributed by atoms with Gasteiger partial charge in [-0.15, -0.1) is 11.6 Å². The van der Waals surface area contributed by atoms with Crippen LogP contribution in [0, 0.1) is 13.7 Å². The van der Waals surface area contributed by atoms with E-state index < -0.39 is 16.2 Å². The Morgan fingerprint density at radius 2 is 2.15 bits per heavy atom. The van der Waals surface area contributed by atoms with E-state index in [-0.39, 0.29) is 23.5 Å². The molecule has 2 heterocycles. The van der Waals surface area contributed by atoms with Crippen LogP contribution in [0.25, 0.3) is 10.9 Å². The number of nitro groups is 1. The molecule has 4 rings (SSSR count). The lowest BCUT2D eigenvalue weighted by atomic mass is 10.0. The molecule has 1 unspecified atom stereocenters. The number of fused-ring (bicyclic) bond motifs is 3. The fourth-order valence-corrected chi connectivity index (χ4v) is 4.20. The fourth-order valence-electron chi connectivity index (χ4n) is 3.27. The number of alkyl halides is 1. The molecule has 0 fully saturated rings. The summed E-state index contributed by atoms with van der Waals surface area (Å²) in [6.07, 6.45) is 1.57. The number of phenolic OH excluding ortho intramolecular Hbond substituents is 1. The molecule has 0 bridgehead atoms. The van der Waals surface area contributed by atoms with Gasteiger partial charge in [0, 0.05) is 45.5 Å². The fraction of sp³-hybridized carbons (Fsp3) is 0.111. The summed E-state index contributed by atoms with van der Waals surface area (Å²) >= 11 is 8.47. The maximum Gasteiger partial charge on any atom is 0.270 e. The van der Waals surface area contributed by atoms with Crippen LogP contribution in [0.4, 0.5) is 11.4 Å². The largest absolute Gasteiger partial charge is 0.506 e. The summed E-state index contributed by atoms with van der Waals surface area (Å²) in [6, 6.07) is 9.14. The van der Waals surface area contributed by atoms with E-state index in [2.05, 4.69) is 4.98 Å². The maximum absolute atomic E-state index is 13.1. The van der Waals surface area contributed by atoms with Crippen LogP contribution in [0.2, 0.25) is 0 Å². The average molecular weight is 496 g/mol. The Labute approximate surface area is 171 Å². The molecule has 0 saturated heterocycles. The number of halogens is 2. The highest BCUT2D eigenvalue weighted by Crippen LogP contribution is 2.46. The number of aromatic hydroxyl groups is 1. The first kappa shape index (κ1) is 17.9. The van der Waals surface area contributed by atoms with E-state index in [1.807, 2.05) is 22.6 Å². The lowest BCUT2D eigenvalue weighted by Crippen LogP contribution is -2.30. The van der Waals surface area contributed by atoms with Crippen LogP contribution >= 0.6 is 34.2 Å². The van der Waals surface area contributed by atoms with E-state index in [0.717, 1.165) is 0 Å². The maximum atomic E-state index is 13.1. The summed E-state index contributed by atoms with van der Waals surface area (Å²) in [7, 11) is 0. The van der Waals surface area contributed by atoms with Crippen molar-refractivity contribution < 1.29 is 14.8 Å². The monoisotopic (exact) mass is 495 g/mol. The number of phenols is 1. The zero-order chi connectivity index (χ0) is 19.3. The molecule has 0 radical (unpaired) electrons. The summed E-state index contributed by atoms with van der Waals surface area (Å²) in [4.78, 5) is 29.3. The Balaban J connectivity index is 1.86. The number of amides is 1. The highest BCUT2D eigenvalue weighted by atomic mass is 127. The number of non-ortho nitro benzene ring substituents is 1. The molecule has 1 aromatic heterocycles. The number of carbonyl (C=O) groups excluding carboxylic acids is 1. The van der Waals surface area contributed by atoms with Crippen molar-refractivity contribution in [1.29, 1.82) is 0 Å². The Morgan fingerprint density at radius 1 is 1.37 bits per heavy atom. The first-order valence-electron chi connectivity index (χ1n) is 7.89. The highest BCUT2D eigenvalue weighted by Gasteiger charge is 2.35. The van der Waals surface area contributed by atoms with E-state index in [4.69, 9.17) is 11.6 Å². The van der Waals surface area contributed by atoms with Gasteiger partial charge in [-0.3, -0.25) is 19.9 Å². The predicted octanol–water partition coefficient (Wildman–Crippen LogP) is 4.39. The number of hydrogen-bond donors (Lipinski definition) is 1. The lowest BCUT2D eigenvalue weighted by Gasteiger charge is -2.18. The average Bonchev–Trinajstić information content (AvgIpc) is 2.98. The number of rotatable bonds is 2. The van der Waals surface area contributed by atoms with Gasteiger partial charge in [-0.1, -0.05) is 6.07 Å². The zero-order valence-corrected chi connectivity index (χ0v) is 16.5. The van der Waals surface area contributed by atoms with Crippen molar-refractivity contribution in [3.8, 4) is 5.75 Å². The van der Waals surface area contributed by atoms with E-state index >= 15 is 0 Å². The quantitative estimate of drug-likeness (QED) is 0.246. The third kappa shape index (κ3) is 2.88. The van der Waals surface area contributed by atoms with Gasteiger partial charge >= 0.3 is 0 Å². The summed E-state index contributed by atoms with van der Waals surface area (Å²) in [5, 5.41) is 21.6. The molecular formula is C18H11ClIN3O4. The SMILES string of the molecule is O=C(c1cc([N+](=O)[O-])ccc1I)N1CC(Cl)c2c1cc(O)c1ncccc21.